The smallest absolute Gasteiger partial charge is 0.326 e. The Morgan fingerprint density at radius 2 is 1.93 bits per heavy atom. The maximum absolute atomic E-state index is 12.6. The number of rotatable bonds is 5. The third kappa shape index (κ3) is 4.62. The van der Waals surface area contributed by atoms with Crippen molar-refractivity contribution in [2.24, 2.45) is 0 Å². The molecule has 27 heavy (non-hydrogen) atoms. The van der Waals surface area contributed by atoms with Crippen molar-refractivity contribution in [3.63, 3.8) is 0 Å². The Bertz CT molecular complexity index is 918. The Labute approximate surface area is 174 Å². The van der Waals surface area contributed by atoms with Crippen LogP contribution in [0.25, 0.3) is 11.8 Å². The quantitative estimate of drug-likeness (QED) is 0.355. The first kappa shape index (κ1) is 19.7. The minimum atomic E-state index is -0.601. The van der Waals surface area contributed by atoms with Crippen LogP contribution in [0.2, 0.25) is 0 Å². The van der Waals surface area contributed by atoms with Crippen molar-refractivity contribution in [1.82, 2.24) is 9.47 Å². The molecule has 2 aromatic rings. The lowest BCUT2D eigenvalue weighted by atomic mass is 10.3. The number of esters is 1. The molecule has 1 aromatic heterocycles. The van der Waals surface area contributed by atoms with Gasteiger partial charge in [-0.15, -0.1) is 0 Å². The Kier molecular flexibility index (Phi) is 6.05. The molecule has 0 radical (unpaired) electrons. The molecule has 2 heterocycles. The maximum Gasteiger partial charge on any atom is 0.326 e. The molecule has 6 nitrogen and oxygen atoms in total. The van der Waals surface area contributed by atoms with E-state index in [1.807, 2.05) is 47.2 Å². The van der Waals surface area contributed by atoms with E-state index in [4.69, 9.17) is 4.74 Å². The zero-order valence-electron chi connectivity index (χ0n) is 14.7. The van der Waals surface area contributed by atoms with Gasteiger partial charge in [0.2, 0.25) is 0 Å². The standard InChI is InChI=1S/C19H17IN2O4S/c1-12(2)26-17(23)11-22-18(24)16(27-19(22)25)10-15-4-3-9-21(15)14-7-5-13(20)6-8-14/h3-10,12H,11H2,1-2H3/b16-10+. The van der Waals surface area contributed by atoms with E-state index < -0.39 is 17.1 Å². The van der Waals surface area contributed by atoms with Crippen molar-refractivity contribution in [2.45, 2.75) is 20.0 Å². The average Bonchev–Trinajstić information content (AvgIpc) is 3.15. The van der Waals surface area contributed by atoms with E-state index in [0.717, 1.165) is 31.6 Å². The highest BCUT2D eigenvalue weighted by Crippen LogP contribution is 2.32. The van der Waals surface area contributed by atoms with E-state index in [1.54, 1.807) is 19.9 Å². The predicted molar refractivity (Wildman–Crippen MR) is 112 cm³/mol. The second kappa shape index (κ2) is 8.30. The first-order chi connectivity index (χ1) is 12.8. The fourth-order valence-corrected chi connectivity index (χ4v) is 3.73. The summed E-state index contributed by atoms with van der Waals surface area (Å²) in [6, 6.07) is 11.7. The van der Waals surface area contributed by atoms with Gasteiger partial charge >= 0.3 is 5.97 Å². The number of thioether (sulfide) groups is 1. The van der Waals surface area contributed by atoms with Crippen LogP contribution in [0.5, 0.6) is 0 Å². The molecule has 1 saturated heterocycles. The number of imide groups is 1. The summed E-state index contributed by atoms with van der Waals surface area (Å²) in [5.74, 6) is -1.09. The molecule has 0 saturated carbocycles. The van der Waals surface area contributed by atoms with Gasteiger partial charge in [-0.05, 0) is 90.7 Å². The van der Waals surface area contributed by atoms with Gasteiger partial charge in [0.05, 0.1) is 11.0 Å². The van der Waals surface area contributed by atoms with Gasteiger partial charge in [0.15, 0.2) is 0 Å². The third-order valence-electron chi connectivity index (χ3n) is 3.69. The average molecular weight is 496 g/mol. The topological polar surface area (TPSA) is 68.6 Å². The molecule has 8 heteroatoms. The SMILES string of the molecule is CC(C)OC(=O)CN1C(=O)S/C(=C/c2cccn2-c2ccc(I)cc2)C1=O. The molecule has 2 amide bonds. The van der Waals surface area contributed by atoms with Crippen LogP contribution in [-0.4, -0.2) is 39.2 Å². The van der Waals surface area contributed by atoms with Gasteiger partial charge in [-0.1, -0.05) is 0 Å². The lowest BCUT2D eigenvalue weighted by molar-refractivity contribution is -0.149. The molecule has 0 spiro atoms. The Hall–Kier alpha value is -2.07. The predicted octanol–water partition coefficient (Wildman–Crippen LogP) is 4.07. The van der Waals surface area contributed by atoms with E-state index in [2.05, 4.69) is 22.6 Å². The Morgan fingerprint density at radius 3 is 2.59 bits per heavy atom. The molecule has 1 fully saturated rings. The number of benzene rings is 1. The molecule has 1 aliphatic rings. The lowest BCUT2D eigenvalue weighted by Crippen LogP contribution is -2.35. The Balaban J connectivity index is 1.82. The molecular formula is C19H17IN2O4S. The van der Waals surface area contributed by atoms with Crippen molar-refractivity contribution in [1.29, 1.82) is 0 Å². The second-order valence-electron chi connectivity index (χ2n) is 6.09. The molecule has 3 rings (SSSR count). The normalized spacial score (nSPS) is 15.9. The van der Waals surface area contributed by atoms with Gasteiger partial charge in [0.25, 0.3) is 11.1 Å². The van der Waals surface area contributed by atoms with Gasteiger partial charge in [-0.25, -0.2) is 0 Å². The van der Waals surface area contributed by atoms with Crippen molar-refractivity contribution in [3.05, 3.63) is 56.8 Å². The summed E-state index contributed by atoms with van der Waals surface area (Å²) < 4.78 is 8.07. The number of carbonyl (C=O) groups excluding carboxylic acids is 3. The molecule has 140 valence electrons. The summed E-state index contributed by atoms with van der Waals surface area (Å²) in [6.07, 6.45) is 3.25. The zero-order valence-corrected chi connectivity index (χ0v) is 17.7. The van der Waals surface area contributed by atoms with Crippen LogP contribution in [0.3, 0.4) is 0 Å². The Morgan fingerprint density at radius 1 is 1.22 bits per heavy atom. The van der Waals surface area contributed by atoms with Crippen LogP contribution in [0.15, 0.2) is 47.5 Å². The van der Waals surface area contributed by atoms with Crippen LogP contribution in [0.1, 0.15) is 19.5 Å². The first-order valence-corrected chi connectivity index (χ1v) is 10.1. The third-order valence-corrected chi connectivity index (χ3v) is 5.32. The van der Waals surface area contributed by atoms with Gasteiger partial charge in [0.1, 0.15) is 6.54 Å². The van der Waals surface area contributed by atoms with Crippen LogP contribution < -0.4 is 0 Å². The molecule has 1 aromatic carbocycles. The fourth-order valence-electron chi connectivity index (χ4n) is 2.55. The van der Waals surface area contributed by atoms with Crippen LogP contribution >= 0.6 is 34.4 Å². The van der Waals surface area contributed by atoms with Gasteiger partial charge in [0, 0.05) is 21.1 Å². The van der Waals surface area contributed by atoms with E-state index in [9.17, 15) is 14.4 Å². The highest BCUT2D eigenvalue weighted by atomic mass is 127. The summed E-state index contributed by atoms with van der Waals surface area (Å²) >= 11 is 3.06. The monoisotopic (exact) mass is 496 g/mol. The van der Waals surface area contributed by atoms with Crippen molar-refractivity contribution >= 4 is 57.5 Å². The summed E-state index contributed by atoms with van der Waals surface area (Å²) in [5.41, 5.74) is 1.72. The number of halogens is 1. The molecule has 0 bridgehead atoms. The second-order valence-corrected chi connectivity index (χ2v) is 8.32. The molecular weight excluding hydrogens is 479 g/mol. The highest BCUT2D eigenvalue weighted by molar-refractivity contribution is 14.1. The number of nitrogens with zero attached hydrogens (tertiary/aromatic N) is 2. The highest BCUT2D eigenvalue weighted by Gasteiger charge is 2.37. The van der Waals surface area contributed by atoms with Crippen molar-refractivity contribution < 1.29 is 19.1 Å². The summed E-state index contributed by atoms with van der Waals surface area (Å²) in [6.45, 7) is 3.05. The number of carbonyl (C=O) groups is 3. The largest absolute Gasteiger partial charge is 0.462 e. The molecule has 1 aliphatic heterocycles. The molecule has 0 unspecified atom stereocenters. The minimum absolute atomic E-state index is 0.280. The molecule has 0 atom stereocenters. The minimum Gasteiger partial charge on any atom is -0.462 e. The summed E-state index contributed by atoms with van der Waals surface area (Å²) in [5, 5.41) is -0.473. The maximum atomic E-state index is 12.6. The van der Waals surface area contributed by atoms with E-state index in [0.29, 0.717) is 0 Å². The van der Waals surface area contributed by atoms with Gasteiger partial charge in [-0.2, -0.15) is 0 Å². The van der Waals surface area contributed by atoms with Crippen molar-refractivity contribution in [2.75, 3.05) is 6.54 Å². The van der Waals surface area contributed by atoms with Gasteiger partial charge in [-0.3, -0.25) is 19.3 Å². The van der Waals surface area contributed by atoms with Crippen molar-refractivity contribution in [3.8, 4) is 5.69 Å². The van der Waals surface area contributed by atoms with E-state index in [-0.39, 0.29) is 17.6 Å². The summed E-state index contributed by atoms with van der Waals surface area (Å²) in [7, 11) is 0. The van der Waals surface area contributed by atoms with Crippen LogP contribution in [0.4, 0.5) is 4.79 Å². The number of aromatic nitrogens is 1. The number of hydrogen-bond donors (Lipinski definition) is 0. The van der Waals surface area contributed by atoms with E-state index >= 15 is 0 Å². The first-order valence-electron chi connectivity index (χ1n) is 8.23. The number of amides is 2. The number of ether oxygens (including phenoxy) is 1. The van der Waals surface area contributed by atoms with Crippen LogP contribution in [0, 0.1) is 3.57 Å². The fraction of sp³-hybridized carbons (Fsp3) is 0.211. The molecule has 0 N–H and O–H groups in total. The number of hydrogen-bond acceptors (Lipinski definition) is 5. The van der Waals surface area contributed by atoms with Gasteiger partial charge < -0.3 is 9.30 Å². The summed E-state index contributed by atoms with van der Waals surface area (Å²) in [4.78, 5) is 37.7. The van der Waals surface area contributed by atoms with Crippen LogP contribution in [-0.2, 0) is 14.3 Å². The molecule has 0 aliphatic carbocycles. The van der Waals surface area contributed by atoms with E-state index in [1.165, 1.54) is 0 Å². The zero-order chi connectivity index (χ0) is 19.6. The lowest BCUT2D eigenvalue weighted by Gasteiger charge is -2.13.